The summed E-state index contributed by atoms with van der Waals surface area (Å²) in [6.07, 6.45) is 4.55. The lowest BCUT2D eigenvalue weighted by atomic mass is 10.1. The molecule has 3 heterocycles. The predicted octanol–water partition coefficient (Wildman–Crippen LogP) is 4.89. The van der Waals surface area contributed by atoms with Crippen LogP contribution in [0.2, 0.25) is 0 Å². The maximum absolute atomic E-state index is 12.9. The normalized spacial score (nSPS) is 14.8. The zero-order valence-corrected chi connectivity index (χ0v) is 21.1. The fourth-order valence-electron chi connectivity index (χ4n) is 4.28. The highest BCUT2D eigenvalue weighted by Gasteiger charge is 2.37. The first kappa shape index (κ1) is 24.9. The molecule has 192 valence electrons. The molecule has 1 aliphatic rings. The van der Waals surface area contributed by atoms with Crippen LogP contribution in [0.1, 0.15) is 19.2 Å². The number of pyridine rings is 1. The molecule has 1 N–H and O–H groups in total. The van der Waals surface area contributed by atoms with Crippen molar-refractivity contribution in [3.8, 4) is 28.6 Å². The molecule has 0 bridgehead atoms. The summed E-state index contributed by atoms with van der Waals surface area (Å²) in [6.45, 7) is 2.48. The molecular weight excluding hydrogens is 482 g/mol. The van der Waals surface area contributed by atoms with Crippen molar-refractivity contribution in [1.82, 2.24) is 15.0 Å². The average molecular weight is 510 g/mol. The van der Waals surface area contributed by atoms with Crippen molar-refractivity contribution in [3.63, 3.8) is 0 Å². The van der Waals surface area contributed by atoms with E-state index in [1.54, 1.807) is 60.8 Å². The van der Waals surface area contributed by atoms with Gasteiger partial charge in [0.15, 0.2) is 0 Å². The van der Waals surface area contributed by atoms with E-state index in [0.29, 0.717) is 36.0 Å². The van der Waals surface area contributed by atoms with E-state index in [9.17, 15) is 9.59 Å². The summed E-state index contributed by atoms with van der Waals surface area (Å²) in [5, 5.41) is 2.85. The van der Waals surface area contributed by atoms with E-state index >= 15 is 0 Å². The van der Waals surface area contributed by atoms with Crippen molar-refractivity contribution >= 4 is 23.2 Å². The SMILES string of the molecule is CCc1nccc(-c2cccnc2Oc2ccc(NC(=O)C3CCN(c4ccc(OC)cc4)C3=O)cc2)n1. The van der Waals surface area contributed by atoms with Gasteiger partial charge in [0.2, 0.25) is 17.7 Å². The molecule has 9 heteroatoms. The summed E-state index contributed by atoms with van der Waals surface area (Å²) < 4.78 is 11.2. The molecule has 9 nitrogen and oxygen atoms in total. The van der Waals surface area contributed by atoms with Crippen LogP contribution in [0.15, 0.2) is 79.1 Å². The van der Waals surface area contributed by atoms with E-state index in [1.165, 1.54) is 0 Å². The highest BCUT2D eigenvalue weighted by Crippen LogP contribution is 2.31. The van der Waals surface area contributed by atoms with Crippen LogP contribution in [0.5, 0.6) is 17.4 Å². The molecule has 38 heavy (non-hydrogen) atoms. The maximum Gasteiger partial charge on any atom is 0.239 e. The van der Waals surface area contributed by atoms with Gasteiger partial charge in [0.25, 0.3) is 0 Å². The average Bonchev–Trinajstić information content (AvgIpc) is 3.35. The highest BCUT2D eigenvalue weighted by molar-refractivity contribution is 6.13. The summed E-state index contributed by atoms with van der Waals surface area (Å²) in [5.74, 6) is 1.13. The molecule has 1 unspecified atom stereocenters. The second kappa shape index (κ2) is 11.1. The number of methoxy groups -OCH3 is 1. The number of benzene rings is 2. The molecule has 0 spiro atoms. The monoisotopic (exact) mass is 509 g/mol. The van der Waals surface area contributed by atoms with Gasteiger partial charge in [-0.15, -0.1) is 0 Å². The second-order valence-electron chi connectivity index (χ2n) is 8.71. The number of hydrogen-bond acceptors (Lipinski definition) is 7. The highest BCUT2D eigenvalue weighted by atomic mass is 16.5. The van der Waals surface area contributed by atoms with E-state index in [4.69, 9.17) is 9.47 Å². The smallest absolute Gasteiger partial charge is 0.239 e. The largest absolute Gasteiger partial charge is 0.497 e. The number of amides is 2. The number of nitrogens with one attached hydrogen (secondary N) is 1. The fourth-order valence-corrected chi connectivity index (χ4v) is 4.28. The molecule has 5 rings (SSSR count). The third-order valence-electron chi connectivity index (χ3n) is 6.31. The lowest BCUT2D eigenvalue weighted by Crippen LogP contribution is -2.33. The van der Waals surface area contributed by atoms with Crippen molar-refractivity contribution in [2.75, 3.05) is 23.9 Å². The van der Waals surface area contributed by atoms with E-state index in [2.05, 4.69) is 20.3 Å². The summed E-state index contributed by atoms with van der Waals surface area (Å²) in [6, 6.07) is 19.7. The number of nitrogens with zero attached hydrogens (tertiary/aromatic N) is 4. The number of ether oxygens (including phenoxy) is 2. The number of carbonyl (C=O) groups is 2. The molecule has 1 fully saturated rings. The quantitative estimate of drug-likeness (QED) is 0.337. The maximum atomic E-state index is 12.9. The molecule has 2 amide bonds. The Hall–Kier alpha value is -4.79. The Morgan fingerprint density at radius 2 is 1.76 bits per heavy atom. The van der Waals surface area contributed by atoms with Crippen molar-refractivity contribution < 1.29 is 19.1 Å². The standard InChI is InChI=1S/C29H27N5O4/c1-3-26-30-17-14-25(33-26)23-5-4-16-31-28(23)38-22-10-6-19(7-11-22)32-27(35)24-15-18-34(29(24)36)20-8-12-21(37-2)13-9-20/h4-14,16-17,24H,3,15,18H2,1-2H3,(H,32,35). The van der Waals surface area contributed by atoms with Crippen LogP contribution < -0.4 is 19.7 Å². The van der Waals surface area contributed by atoms with Gasteiger partial charge in [-0.2, -0.15) is 0 Å². The van der Waals surface area contributed by atoms with E-state index in [1.807, 2.05) is 37.3 Å². The van der Waals surface area contributed by atoms with Crippen LogP contribution in [0, 0.1) is 5.92 Å². The van der Waals surface area contributed by atoms with Crippen molar-refractivity contribution in [1.29, 1.82) is 0 Å². The number of aryl methyl sites for hydroxylation is 1. The second-order valence-corrected chi connectivity index (χ2v) is 8.71. The Morgan fingerprint density at radius 3 is 2.50 bits per heavy atom. The Kier molecular flexibility index (Phi) is 7.26. The van der Waals surface area contributed by atoms with Crippen LogP contribution in [-0.4, -0.2) is 40.4 Å². The number of aromatic nitrogens is 3. The van der Waals surface area contributed by atoms with Crippen molar-refractivity contribution in [2.24, 2.45) is 5.92 Å². The van der Waals surface area contributed by atoms with Gasteiger partial charge < -0.3 is 19.7 Å². The zero-order valence-electron chi connectivity index (χ0n) is 21.1. The lowest BCUT2D eigenvalue weighted by molar-refractivity contribution is -0.129. The minimum absolute atomic E-state index is 0.216. The number of anilines is 2. The first-order valence-electron chi connectivity index (χ1n) is 12.4. The van der Waals surface area contributed by atoms with E-state index < -0.39 is 5.92 Å². The minimum atomic E-state index is -0.745. The van der Waals surface area contributed by atoms with Crippen LogP contribution >= 0.6 is 0 Å². The zero-order chi connectivity index (χ0) is 26.5. The molecule has 0 aliphatic carbocycles. The summed E-state index contributed by atoms with van der Waals surface area (Å²) in [4.78, 5) is 40.7. The Balaban J connectivity index is 1.24. The minimum Gasteiger partial charge on any atom is -0.497 e. The van der Waals surface area contributed by atoms with Crippen LogP contribution in [0.3, 0.4) is 0 Å². The fraction of sp³-hybridized carbons (Fsp3) is 0.207. The van der Waals surface area contributed by atoms with Gasteiger partial charge in [0.1, 0.15) is 23.2 Å². The molecular formula is C29H27N5O4. The van der Waals surface area contributed by atoms with Crippen molar-refractivity contribution in [3.05, 3.63) is 84.9 Å². The van der Waals surface area contributed by atoms with Gasteiger partial charge in [-0.05, 0) is 73.2 Å². The number of rotatable bonds is 8. The number of hydrogen-bond donors (Lipinski definition) is 1. The van der Waals surface area contributed by atoms with Gasteiger partial charge in [-0.1, -0.05) is 6.92 Å². The lowest BCUT2D eigenvalue weighted by Gasteiger charge is -2.17. The molecule has 2 aromatic carbocycles. The van der Waals surface area contributed by atoms with Gasteiger partial charge in [0, 0.05) is 36.7 Å². The van der Waals surface area contributed by atoms with Gasteiger partial charge in [-0.25, -0.2) is 15.0 Å². The predicted molar refractivity (Wildman–Crippen MR) is 143 cm³/mol. The molecule has 0 saturated carbocycles. The summed E-state index contributed by atoms with van der Waals surface area (Å²) >= 11 is 0. The van der Waals surface area contributed by atoms with E-state index in [-0.39, 0.29) is 11.8 Å². The van der Waals surface area contributed by atoms with Gasteiger partial charge in [-0.3, -0.25) is 9.59 Å². The van der Waals surface area contributed by atoms with E-state index in [0.717, 1.165) is 29.2 Å². The Bertz CT molecular complexity index is 1440. The first-order chi connectivity index (χ1) is 18.6. The first-order valence-corrected chi connectivity index (χ1v) is 12.4. The van der Waals surface area contributed by atoms with Gasteiger partial charge in [0.05, 0.1) is 18.4 Å². The summed E-state index contributed by atoms with van der Waals surface area (Å²) in [5.41, 5.74) is 2.80. The topological polar surface area (TPSA) is 107 Å². The Morgan fingerprint density at radius 1 is 1.00 bits per heavy atom. The molecule has 1 atom stereocenters. The Labute approximate surface area is 220 Å². The molecule has 1 saturated heterocycles. The molecule has 1 aliphatic heterocycles. The van der Waals surface area contributed by atoms with Crippen molar-refractivity contribution in [2.45, 2.75) is 19.8 Å². The molecule has 2 aromatic heterocycles. The van der Waals surface area contributed by atoms with Crippen LogP contribution in [0.25, 0.3) is 11.3 Å². The van der Waals surface area contributed by atoms with Gasteiger partial charge >= 0.3 is 0 Å². The third-order valence-corrected chi connectivity index (χ3v) is 6.31. The number of carbonyl (C=O) groups excluding carboxylic acids is 2. The van der Waals surface area contributed by atoms with Crippen LogP contribution in [0.4, 0.5) is 11.4 Å². The van der Waals surface area contributed by atoms with Crippen LogP contribution in [-0.2, 0) is 16.0 Å². The molecule has 0 radical (unpaired) electrons. The molecule has 4 aromatic rings. The third kappa shape index (κ3) is 5.31. The summed E-state index contributed by atoms with van der Waals surface area (Å²) in [7, 11) is 1.59.